The molecule has 0 aromatic heterocycles. The normalized spacial score (nSPS) is 13.5. The van der Waals surface area contributed by atoms with Crippen LogP contribution in [0, 0.1) is 0 Å². The van der Waals surface area contributed by atoms with Gasteiger partial charge in [0.2, 0.25) is 0 Å². The maximum Gasteiger partial charge on any atom is 0.123 e. The third kappa shape index (κ3) is 6.96. The van der Waals surface area contributed by atoms with E-state index in [-0.39, 0.29) is 5.54 Å². The Morgan fingerprint density at radius 3 is 2.52 bits per heavy atom. The molecule has 120 valence electrons. The van der Waals surface area contributed by atoms with E-state index in [0.29, 0.717) is 6.04 Å². The largest absolute Gasteiger partial charge is 0.492 e. The lowest BCUT2D eigenvalue weighted by molar-refractivity contribution is 0.195. The van der Waals surface area contributed by atoms with Crippen molar-refractivity contribution in [1.82, 2.24) is 10.2 Å². The topological polar surface area (TPSA) is 24.5 Å². The van der Waals surface area contributed by atoms with Crippen LogP contribution in [0.1, 0.15) is 46.6 Å². The molecule has 0 radical (unpaired) electrons. The number of ether oxygens (including phenoxy) is 1. The van der Waals surface area contributed by atoms with Gasteiger partial charge in [-0.1, -0.05) is 25.1 Å². The fourth-order valence-corrected chi connectivity index (χ4v) is 1.98. The van der Waals surface area contributed by atoms with E-state index in [1.807, 2.05) is 6.07 Å². The smallest absolute Gasteiger partial charge is 0.123 e. The lowest BCUT2D eigenvalue weighted by atomic mass is 10.1. The van der Waals surface area contributed by atoms with Gasteiger partial charge in [0.05, 0.1) is 0 Å². The van der Waals surface area contributed by atoms with Crippen molar-refractivity contribution < 1.29 is 4.74 Å². The molecule has 0 spiro atoms. The van der Waals surface area contributed by atoms with E-state index in [4.69, 9.17) is 4.74 Å². The number of nitrogens with one attached hydrogen (secondary N) is 1. The summed E-state index contributed by atoms with van der Waals surface area (Å²) in [6, 6.07) is 8.90. The molecule has 0 saturated carbocycles. The lowest BCUT2D eigenvalue weighted by Gasteiger charge is -2.24. The highest BCUT2D eigenvalue weighted by Crippen LogP contribution is 2.18. The summed E-state index contributed by atoms with van der Waals surface area (Å²) in [5.74, 6) is 0.992. The van der Waals surface area contributed by atoms with Crippen molar-refractivity contribution in [2.45, 2.75) is 59.2 Å². The molecule has 0 aliphatic heterocycles. The molecule has 0 amide bonds. The summed E-state index contributed by atoms with van der Waals surface area (Å²) >= 11 is 0. The van der Waals surface area contributed by atoms with Crippen LogP contribution < -0.4 is 10.1 Å². The Morgan fingerprint density at radius 2 is 1.90 bits per heavy atom. The molecule has 3 nitrogen and oxygen atoms in total. The Morgan fingerprint density at radius 1 is 1.24 bits per heavy atom. The average molecular weight is 292 g/mol. The summed E-state index contributed by atoms with van der Waals surface area (Å²) in [7, 11) is 2.16. The number of likely N-dealkylation sites (N-methyl/N-ethyl adjacent to an activating group) is 1. The minimum Gasteiger partial charge on any atom is -0.492 e. The maximum absolute atomic E-state index is 5.99. The highest BCUT2D eigenvalue weighted by Gasteiger charge is 2.11. The summed E-state index contributed by atoms with van der Waals surface area (Å²) in [5.41, 5.74) is 1.34. The van der Waals surface area contributed by atoms with E-state index < -0.39 is 0 Å². The van der Waals surface area contributed by atoms with Crippen LogP contribution in [0.5, 0.6) is 5.75 Å². The molecule has 0 aliphatic rings. The van der Waals surface area contributed by atoms with Gasteiger partial charge in [0.15, 0.2) is 0 Å². The third-order valence-electron chi connectivity index (χ3n) is 3.83. The van der Waals surface area contributed by atoms with Crippen molar-refractivity contribution >= 4 is 0 Å². The first-order chi connectivity index (χ1) is 9.83. The molecule has 3 heteroatoms. The van der Waals surface area contributed by atoms with Crippen LogP contribution >= 0.6 is 0 Å². The van der Waals surface area contributed by atoms with E-state index in [0.717, 1.165) is 25.4 Å². The van der Waals surface area contributed by atoms with Crippen LogP contribution in [0.3, 0.4) is 0 Å². The Labute approximate surface area is 130 Å². The zero-order chi connectivity index (χ0) is 15.9. The number of nitrogens with zero attached hydrogens (tertiary/aromatic N) is 1. The van der Waals surface area contributed by atoms with Crippen LogP contribution in [-0.4, -0.2) is 36.7 Å². The van der Waals surface area contributed by atoms with Crippen LogP contribution in [0.4, 0.5) is 0 Å². The molecule has 21 heavy (non-hydrogen) atoms. The number of hydrogen-bond donors (Lipinski definition) is 1. The number of hydrogen-bond acceptors (Lipinski definition) is 3. The van der Waals surface area contributed by atoms with Gasteiger partial charge < -0.3 is 15.0 Å². The third-order valence-corrected chi connectivity index (χ3v) is 3.83. The van der Waals surface area contributed by atoms with E-state index >= 15 is 0 Å². The van der Waals surface area contributed by atoms with Crippen molar-refractivity contribution in [1.29, 1.82) is 0 Å². The summed E-state index contributed by atoms with van der Waals surface area (Å²) in [6.45, 7) is 13.5. The van der Waals surface area contributed by atoms with Gasteiger partial charge in [0, 0.05) is 30.2 Å². The molecule has 1 atom stereocenters. The predicted molar refractivity (Wildman–Crippen MR) is 90.9 cm³/mol. The minimum atomic E-state index is 0.115. The first-order valence-corrected chi connectivity index (χ1v) is 7.99. The van der Waals surface area contributed by atoms with E-state index in [1.165, 1.54) is 12.0 Å². The molecule has 1 rings (SSSR count). The van der Waals surface area contributed by atoms with Gasteiger partial charge in [0.25, 0.3) is 0 Å². The lowest BCUT2D eigenvalue weighted by Crippen LogP contribution is -2.35. The van der Waals surface area contributed by atoms with Crippen molar-refractivity contribution in [3.8, 4) is 5.75 Å². The highest BCUT2D eigenvalue weighted by molar-refractivity contribution is 5.33. The molecule has 0 heterocycles. The fraction of sp³-hybridized carbons (Fsp3) is 0.667. The van der Waals surface area contributed by atoms with Crippen molar-refractivity contribution in [3.63, 3.8) is 0 Å². The zero-order valence-corrected chi connectivity index (χ0v) is 14.6. The highest BCUT2D eigenvalue weighted by atomic mass is 16.5. The van der Waals surface area contributed by atoms with E-state index in [2.05, 4.69) is 70.1 Å². The van der Waals surface area contributed by atoms with Gasteiger partial charge >= 0.3 is 0 Å². The van der Waals surface area contributed by atoms with Gasteiger partial charge in [-0.05, 0) is 47.2 Å². The maximum atomic E-state index is 5.99. The second-order valence-corrected chi connectivity index (χ2v) is 6.80. The molecular weight excluding hydrogens is 260 g/mol. The first kappa shape index (κ1) is 18.0. The minimum absolute atomic E-state index is 0.115. The molecular formula is C18H32N2O. The Kier molecular flexibility index (Phi) is 7.20. The predicted octanol–water partition coefficient (Wildman–Crippen LogP) is 3.68. The molecule has 0 bridgehead atoms. The number of benzene rings is 1. The number of para-hydroxylation sites is 1. The Bertz CT molecular complexity index is 412. The van der Waals surface area contributed by atoms with Crippen LogP contribution in [0.15, 0.2) is 24.3 Å². The SMILES string of the molecule is CCC(C)N(C)CCOc1ccccc1CNC(C)(C)C. The second kappa shape index (κ2) is 8.40. The molecule has 0 fully saturated rings. The van der Waals surface area contributed by atoms with Crippen molar-refractivity contribution in [2.24, 2.45) is 0 Å². The molecule has 1 aromatic carbocycles. The second-order valence-electron chi connectivity index (χ2n) is 6.80. The average Bonchev–Trinajstić information content (AvgIpc) is 2.44. The first-order valence-electron chi connectivity index (χ1n) is 7.99. The van der Waals surface area contributed by atoms with E-state index in [1.54, 1.807) is 0 Å². The summed E-state index contributed by atoms with van der Waals surface area (Å²) in [6.07, 6.45) is 1.17. The van der Waals surface area contributed by atoms with Gasteiger partial charge in [-0.25, -0.2) is 0 Å². The van der Waals surface area contributed by atoms with Gasteiger partial charge in [-0.3, -0.25) is 0 Å². The molecule has 1 N–H and O–H groups in total. The van der Waals surface area contributed by atoms with Crippen LogP contribution in [0.25, 0.3) is 0 Å². The zero-order valence-electron chi connectivity index (χ0n) is 14.6. The van der Waals surface area contributed by atoms with Crippen molar-refractivity contribution in [3.05, 3.63) is 29.8 Å². The molecule has 0 aliphatic carbocycles. The molecule has 1 unspecified atom stereocenters. The van der Waals surface area contributed by atoms with Gasteiger partial charge in [0.1, 0.15) is 12.4 Å². The van der Waals surface area contributed by atoms with E-state index in [9.17, 15) is 0 Å². The van der Waals surface area contributed by atoms with Crippen LogP contribution in [-0.2, 0) is 6.54 Å². The summed E-state index contributed by atoms with van der Waals surface area (Å²) < 4.78 is 5.99. The summed E-state index contributed by atoms with van der Waals surface area (Å²) in [5, 5.41) is 3.51. The fourth-order valence-electron chi connectivity index (χ4n) is 1.98. The Hall–Kier alpha value is -1.06. The van der Waals surface area contributed by atoms with Gasteiger partial charge in [-0.2, -0.15) is 0 Å². The standard InChI is InChI=1S/C18H32N2O/c1-7-15(2)20(6)12-13-21-17-11-9-8-10-16(17)14-19-18(3,4)5/h8-11,15,19H,7,12-14H2,1-6H3. The molecule has 1 aromatic rings. The molecule has 0 saturated heterocycles. The monoisotopic (exact) mass is 292 g/mol. The van der Waals surface area contributed by atoms with Crippen LogP contribution in [0.2, 0.25) is 0 Å². The summed E-state index contributed by atoms with van der Waals surface area (Å²) in [4.78, 5) is 2.34. The number of rotatable bonds is 8. The van der Waals surface area contributed by atoms with Crippen molar-refractivity contribution in [2.75, 3.05) is 20.2 Å². The van der Waals surface area contributed by atoms with Gasteiger partial charge in [-0.15, -0.1) is 0 Å². The quantitative estimate of drug-likeness (QED) is 0.791. The Balaban J connectivity index is 2.51.